The van der Waals surface area contributed by atoms with Crippen molar-refractivity contribution in [2.75, 3.05) is 28.7 Å². The molecule has 3 aromatic carbocycles. The first-order valence-corrected chi connectivity index (χ1v) is 12.8. The predicted molar refractivity (Wildman–Crippen MR) is 141 cm³/mol. The van der Waals surface area contributed by atoms with Crippen LogP contribution in [0.25, 0.3) is 0 Å². The number of ether oxygens (including phenoxy) is 1. The summed E-state index contributed by atoms with van der Waals surface area (Å²) in [4.78, 5) is 54.5. The van der Waals surface area contributed by atoms with Crippen molar-refractivity contribution in [2.24, 2.45) is 0 Å². The van der Waals surface area contributed by atoms with E-state index in [2.05, 4.69) is 0 Å². The Hall–Kier alpha value is -4.11. The molecule has 2 N–H and O–H groups in total. The average molecular weight is 516 g/mol. The monoisotopic (exact) mass is 515 g/mol. The van der Waals surface area contributed by atoms with E-state index in [0.29, 0.717) is 17.9 Å². The number of thioether (sulfide) groups is 1. The third-order valence-corrected chi connectivity index (χ3v) is 7.52. The SMILES string of the molecule is Nc1cccc(SC2CC(=O)N(c3ccc(C(=O)OCC(=O)N4CCCc5ccccc54)cc3)C2=O)c1. The van der Waals surface area contributed by atoms with Gasteiger partial charge in [0, 0.05) is 29.2 Å². The molecule has 2 aliphatic heterocycles. The van der Waals surface area contributed by atoms with Gasteiger partial charge in [-0.2, -0.15) is 0 Å². The van der Waals surface area contributed by atoms with Crippen LogP contribution in [0.3, 0.4) is 0 Å². The second kappa shape index (κ2) is 10.5. The molecule has 1 unspecified atom stereocenters. The molecule has 9 heteroatoms. The molecule has 8 nitrogen and oxygen atoms in total. The van der Waals surface area contributed by atoms with Gasteiger partial charge >= 0.3 is 5.97 Å². The molecule has 0 saturated carbocycles. The lowest BCUT2D eigenvalue weighted by Gasteiger charge is -2.29. The summed E-state index contributed by atoms with van der Waals surface area (Å²) in [5, 5.41) is -0.551. The Balaban J connectivity index is 1.20. The van der Waals surface area contributed by atoms with Crippen molar-refractivity contribution in [1.29, 1.82) is 0 Å². The van der Waals surface area contributed by atoms with E-state index in [4.69, 9.17) is 10.5 Å². The molecule has 0 aliphatic carbocycles. The van der Waals surface area contributed by atoms with Gasteiger partial charge in [-0.15, -0.1) is 11.8 Å². The number of carbonyl (C=O) groups is 4. The molecular weight excluding hydrogens is 490 g/mol. The molecule has 0 aromatic heterocycles. The number of esters is 1. The van der Waals surface area contributed by atoms with Crippen LogP contribution >= 0.6 is 11.8 Å². The normalized spacial score (nSPS) is 17.0. The van der Waals surface area contributed by atoms with Crippen LogP contribution in [0.1, 0.15) is 28.8 Å². The fraction of sp³-hybridized carbons (Fsp3) is 0.214. The Bertz CT molecular complexity index is 1370. The zero-order valence-corrected chi connectivity index (χ0v) is 20.8. The molecule has 3 amide bonds. The number of anilines is 3. The first-order valence-electron chi connectivity index (χ1n) is 11.9. The van der Waals surface area contributed by atoms with E-state index in [-0.39, 0.29) is 36.3 Å². The Morgan fingerprint density at radius 1 is 1.00 bits per heavy atom. The van der Waals surface area contributed by atoms with Gasteiger partial charge in [-0.05, 0) is 66.9 Å². The van der Waals surface area contributed by atoms with Crippen LogP contribution in [0.2, 0.25) is 0 Å². The molecule has 1 atom stereocenters. The van der Waals surface area contributed by atoms with Gasteiger partial charge in [0.15, 0.2) is 6.61 Å². The summed E-state index contributed by atoms with van der Waals surface area (Å²) in [6, 6.07) is 20.9. The quantitative estimate of drug-likeness (QED) is 0.302. The lowest BCUT2D eigenvalue weighted by atomic mass is 10.0. The van der Waals surface area contributed by atoms with Crippen LogP contribution < -0.4 is 15.5 Å². The summed E-state index contributed by atoms with van der Waals surface area (Å²) in [5.41, 5.74) is 8.95. The third-order valence-electron chi connectivity index (χ3n) is 6.34. The predicted octanol–water partition coefficient (Wildman–Crippen LogP) is 3.83. The van der Waals surface area contributed by atoms with E-state index in [9.17, 15) is 19.2 Å². The zero-order valence-electron chi connectivity index (χ0n) is 20.0. The molecule has 0 bridgehead atoms. The van der Waals surface area contributed by atoms with Crippen molar-refractivity contribution < 1.29 is 23.9 Å². The van der Waals surface area contributed by atoms with Gasteiger partial charge in [0.05, 0.1) is 16.5 Å². The molecule has 3 aromatic rings. The van der Waals surface area contributed by atoms with E-state index in [1.165, 1.54) is 36.0 Å². The number of rotatable bonds is 6. The van der Waals surface area contributed by atoms with Crippen molar-refractivity contribution in [1.82, 2.24) is 0 Å². The maximum Gasteiger partial charge on any atom is 0.338 e. The molecule has 5 rings (SSSR count). The highest BCUT2D eigenvalue weighted by Crippen LogP contribution is 2.34. The molecule has 0 radical (unpaired) electrons. The number of fused-ring (bicyclic) bond motifs is 1. The lowest BCUT2D eigenvalue weighted by molar-refractivity contribution is -0.122. The van der Waals surface area contributed by atoms with Crippen LogP contribution in [0, 0.1) is 0 Å². The fourth-order valence-corrected chi connectivity index (χ4v) is 5.67. The molecular formula is C28H25N3O5S. The number of benzene rings is 3. The Labute approximate surface area is 218 Å². The number of nitrogens with two attached hydrogens (primary N) is 1. The van der Waals surface area contributed by atoms with Crippen LogP contribution in [0.5, 0.6) is 0 Å². The second-order valence-corrected chi connectivity index (χ2v) is 10.1. The number of aryl methyl sites for hydroxylation is 1. The van der Waals surface area contributed by atoms with Crippen LogP contribution in [0.15, 0.2) is 77.7 Å². The third kappa shape index (κ3) is 5.22. The summed E-state index contributed by atoms with van der Waals surface area (Å²) in [6.45, 7) is 0.206. The molecule has 0 spiro atoms. The number of amides is 3. The number of nitrogen functional groups attached to an aromatic ring is 1. The minimum absolute atomic E-state index is 0.0732. The molecule has 1 fully saturated rings. The van der Waals surface area contributed by atoms with E-state index in [0.717, 1.165) is 33.9 Å². The Morgan fingerprint density at radius 2 is 1.78 bits per heavy atom. The standard InChI is InChI=1S/C28H25N3O5S/c29-20-7-3-8-22(15-20)37-24-16-25(32)31(27(24)34)21-12-10-19(11-13-21)28(35)36-17-26(33)30-14-4-6-18-5-1-2-9-23(18)30/h1-3,5,7-13,15,24H,4,6,14,16-17,29H2. The smallest absolute Gasteiger partial charge is 0.338 e. The van der Waals surface area contributed by atoms with E-state index >= 15 is 0 Å². The van der Waals surface area contributed by atoms with Crippen molar-refractivity contribution in [3.63, 3.8) is 0 Å². The van der Waals surface area contributed by atoms with Gasteiger partial charge in [-0.1, -0.05) is 24.3 Å². The number of hydrogen-bond acceptors (Lipinski definition) is 7. The molecule has 188 valence electrons. The van der Waals surface area contributed by atoms with Crippen molar-refractivity contribution in [2.45, 2.75) is 29.4 Å². The molecule has 2 aliphatic rings. The van der Waals surface area contributed by atoms with Crippen LogP contribution in [-0.2, 0) is 25.5 Å². The second-order valence-electron chi connectivity index (χ2n) is 8.85. The van der Waals surface area contributed by atoms with Gasteiger partial charge in [0.2, 0.25) is 11.8 Å². The first kappa shape index (κ1) is 24.6. The minimum Gasteiger partial charge on any atom is -0.452 e. The maximum atomic E-state index is 13.0. The molecule has 2 heterocycles. The van der Waals surface area contributed by atoms with Crippen molar-refractivity contribution in [3.05, 3.63) is 83.9 Å². The van der Waals surface area contributed by atoms with E-state index in [1.807, 2.05) is 30.3 Å². The number of carbonyl (C=O) groups excluding carboxylic acids is 4. The zero-order chi connectivity index (χ0) is 25.9. The summed E-state index contributed by atoms with van der Waals surface area (Å²) in [7, 11) is 0. The number of nitrogens with zero attached hydrogens (tertiary/aromatic N) is 2. The largest absolute Gasteiger partial charge is 0.452 e. The summed E-state index contributed by atoms with van der Waals surface area (Å²) in [5.74, 6) is -1.57. The summed E-state index contributed by atoms with van der Waals surface area (Å²) in [6.07, 6.45) is 1.84. The lowest BCUT2D eigenvalue weighted by Crippen LogP contribution is -2.38. The summed E-state index contributed by atoms with van der Waals surface area (Å²) >= 11 is 1.30. The molecule has 1 saturated heterocycles. The van der Waals surface area contributed by atoms with Gasteiger partial charge in [0.1, 0.15) is 0 Å². The van der Waals surface area contributed by atoms with Crippen LogP contribution in [-0.4, -0.2) is 42.1 Å². The van der Waals surface area contributed by atoms with E-state index < -0.39 is 11.2 Å². The number of imide groups is 1. The van der Waals surface area contributed by atoms with Crippen LogP contribution in [0.4, 0.5) is 17.1 Å². The Morgan fingerprint density at radius 3 is 2.57 bits per heavy atom. The van der Waals surface area contributed by atoms with Gasteiger partial charge in [0.25, 0.3) is 5.91 Å². The van der Waals surface area contributed by atoms with Gasteiger partial charge in [-0.25, -0.2) is 9.69 Å². The molecule has 37 heavy (non-hydrogen) atoms. The van der Waals surface area contributed by atoms with Gasteiger partial charge < -0.3 is 15.4 Å². The topological polar surface area (TPSA) is 110 Å². The van der Waals surface area contributed by atoms with E-state index in [1.54, 1.807) is 23.1 Å². The maximum absolute atomic E-state index is 13.0. The van der Waals surface area contributed by atoms with Crippen molar-refractivity contribution >= 4 is 52.5 Å². The highest BCUT2D eigenvalue weighted by atomic mass is 32.2. The fourth-order valence-electron chi connectivity index (χ4n) is 4.55. The number of hydrogen-bond donors (Lipinski definition) is 1. The number of para-hydroxylation sites is 1. The highest BCUT2D eigenvalue weighted by molar-refractivity contribution is 8.00. The average Bonchev–Trinajstić information content (AvgIpc) is 3.19. The minimum atomic E-state index is -0.653. The Kier molecular flexibility index (Phi) is 6.96. The van der Waals surface area contributed by atoms with Gasteiger partial charge in [-0.3, -0.25) is 14.4 Å². The van der Waals surface area contributed by atoms with Crippen molar-refractivity contribution in [3.8, 4) is 0 Å². The summed E-state index contributed by atoms with van der Waals surface area (Å²) < 4.78 is 5.27. The first-order chi connectivity index (χ1) is 17.9. The highest BCUT2D eigenvalue weighted by Gasteiger charge is 2.40.